The van der Waals surface area contributed by atoms with Gasteiger partial charge in [0.25, 0.3) is 11.8 Å². The minimum atomic E-state index is -3.51. The lowest BCUT2D eigenvalue weighted by molar-refractivity contribution is 0.0949. The minimum absolute atomic E-state index is 0.191. The number of rotatable bonds is 7. The number of hydrogen-bond donors (Lipinski definition) is 2. The van der Waals surface area contributed by atoms with Gasteiger partial charge in [-0.3, -0.25) is 9.59 Å². The van der Waals surface area contributed by atoms with Crippen LogP contribution in [0.5, 0.6) is 0 Å². The summed E-state index contributed by atoms with van der Waals surface area (Å²) in [5, 5.41) is 5.55. The lowest BCUT2D eigenvalue weighted by atomic mass is 10.1. The van der Waals surface area contributed by atoms with E-state index in [0.29, 0.717) is 24.3 Å². The molecule has 2 heterocycles. The van der Waals surface area contributed by atoms with Crippen LogP contribution in [0.15, 0.2) is 76.2 Å². The number of carbonyl (C=O) groups excluding carboxylic acids is 2. The van der Waals surface area contributed by atoms with Gasteiger partial charge < -0.3 is 15.1 Å². The fourth-order valence-corrected chi connectivity index (χ4v) is 5.02. The second-order valence-corrected chi connectivity index (χ2v) is 9.39. The Morgan fingerprint density at radius 3 is 2.38 bits per heavy atom. The van der Waals surface area contributed by atoms with Crippen LogP contribution in [-0.2, 0) is 16.6 Å². The molecule has 0 radical (unpaired) electrons. The molecule has 0 unspecified atom stereocenters. The third-order valence-corrected chi connectivity index (χ3v) is 7.12. The quantitative estimate of drug-likeness (QED) is 0.571. The molecule has 4 rings (SSSR count). The second-order valence-electron chi connectivity index (χ2n) is 7.45. The van der Waals surface area contributed by atoms with Crippen LogP contribution in [0.25, 0.3) is 0 Å². The van der Waals surface area contributed by atoms with E-state index in [1.54, 1.807) is 30.3 Å². The monoisotopic (exact) mass is 453 g/mol. The molecule has 2 N–H and O–H groups in total. The fourth-order valence-electron chi connectivity index (χ4n) is 3.50. The summed E-state index contributed by atoms with van der Waals surface area (Å²) in [6, 6.07) is 16.3. The van der Waals surface area contributed by atoms with E-state index in [4.69, 9.17) is 4.42 Å². The maximum absolute atomic E-state index is 12.6. The van der Waals surface area contributed by atoms with Crippen molar-refractivity contribution in [2.75, 3.05) is 18.4 Å². The molecule has 0 spiro atoms. The predicted octanol–water partition coefficient (Wildman–Crippen LogP) is 3.25. The van der Waals surface area contributed by atoms with Gasteiger partial charge in [-0.05, 0) is 66.9 Å². The summed E-state index contributed by atoms with van der Waals surface area (Å²) in [5.74, 6) is -0.473. The Morgan fingerprint density at radius 2 is 1.69 bits per heavy atom. The number of sulfonamides is 1. The van der Waals surface area contributed by atoms with Gasteiger partial charge in [0, 0.05) is 30.9 Å². The first-order chi connectivity index (χ1) is 15.4. The first kappa shape index (κ1) is 21.8. The SMILES string of the molecule is O=C(NCc1cccc(NC(=O)c2ccco2)c1)c1ccc(S(=O)(=O)N2CCCC2)cc1. The lowest BCUT2D eigenvalue weighted by Gasteiger charge is -2.15. The van der Waals surface area contributed by atoms with Gasteiger partial charge in [0.1, 0.15) is 0 Å². The molecule has 2 amide bonds. The molecule has 0 atom stereocenters. The molecule has 0 saturated carbocycles. The first-order valence-electron chi connectivity index (χ1n) is 10.3. The minimum Gasteiger partial charge on any atom is -0.459 e. The van der Waals surface area contributed by atoms with Gasteiger partial charge >= 0.3 is 0 Å². The van der Waals surface area contributed by atoms with Crippen LogP contribution in [0.2, 0.25) is 0 Å². The van der Waals surface area contributed by atoms with Crippen molar-refractivity contribution in [1.82, 2.24) is 9.62 Å². The largest absolute Gasteiger partial charge is 0.459 e. The van der Waals surface area contributed by atoms with Crippen molar-refractivity contribution in [2.45, 2.75) is 24.3 Å². The smallest absolute Gasteiger partial charge is 0.291 e. The Labute approximate surface area is 186 Å². The highest BCUT2D eigenvalue weighted by atomic mass is 32.2. The van der Waals surface area contributed by atoms with E-state index in [0.717, 1.165) is 18.4 Å². The van der Waals surface area contributed by atoms with Crippen LogP contribution >= 0.6 is 0 Å². The highest BCUT2D eigenvalue weighted by Crippen LogP contribution is 2.21. The number of nitrogens with one attached hydrogen (secondary N) is 2. The van der Waals surface area contributed by atoms with Crippen molar-refractivity contribution in [3.63, 3.8) is 0 Å². The van der Waals surface area contributed by atoms with Crippen LogP contribution in [0.4, 0.5) is 5.69 Å². The van der Waals surface area contributed by atoms with Crippen molar-refractivity contribution >= 4 is 27.5 Å². The van der Waals surface area contributed by atoms with E-state index in [-0.39, 0.29) is 29.0 Å². The molecule has 0 bridgehead atoms. The molecular formula is C23H23N3O5S. The molecule has 3 aromatic rings. The van der Waals surface area contributed by atoms with Crippen LogP contribution in [0.3, 0.4) is 0 Å². The van der Waals surface area contributed by atoms with Gasteiger partial charge in [-0.1, -0.05) is 12.1 Å². The molecule has 1 aliphatic rings. The van der Waals surface area contributed by atoms with Crippen molar-refractivity contribution in [1.29, 1.82) is 0 Å². The van der Waals surface area contributed by atoms with E-state index < -0.39 is 10.0 Å². The molecule has 2 aromatic carbocycles. The molecule has 1 aromatic heterocycles. The lowest BCUT2D eigenvalue weighted by Crippen LogP contribution is -2.28. The van der Waals surface area contributed by atoms with Gasteiger partial charge in [0.05, 0.1) is 11.2 Å². The average molecular weight is 454 g/mol. The molecule has 8 nitrogen and oxygen atoms in total. The van der Waals surface area contributed by atoms with Crippen LogP contribution < -0.4 is 10.6 Å². The van der Waals surface area contributed by atoms with E-state index in [2.05, 4.69) is 10.6 Å². The highest BCUT2D eigenvalue weighted by molar-refractivity contribution is 7.89. The molecule has 9 heteroatoms. The van der Waals surface area contributed by atoms with E-state index in [9.17, 15) is 18.0 Å². The molecule has 1 fully saturated rings. The summed E-state index contributed by atoms with van der Waals surface area (Å²) in [4.78, 5) is 24.8. The zero-order valence-corrected chi connectivity index (χ0v) is 18.1. The van der Waals surface area contributed by atoms with Gasteiger partial charge in [-0.2, -0.15) is 4.31 Å². The fraction of sp³-hybridized carbons (Fsp3) is 0.217. The van der Waals surface area contributed by atoms with E-state index >= 15 is 0 Å². The number of nitrogens with zero attached hydrogens (tertiary/aromatic N) is 1. The summed E-state index contributed by atoms with van der Waals surface area (Å²) in [5.41, 5.74) is 1.74. The third-order valence-electron chi connectivity index (χ3n) is 5.20. The molecular weight excluding hydrogens is 430 g/mol. The van der Waals surface area contributed by atoms with E-state index in [1.165, 1.54) is 34.8 Å². The summed E-state index contributed by atoms with van der Waals surface area (Å²) < 4.78 is 31.7. The van der Waals surface area contributed by atoms with Crippen molar-refractivity contribution in [2.24, 2.45) is 0 Å². The summed E-state index contributed by atoms with van der Waals surface area (Å²) >= 11 is 0. The summed E-state index contributed by atoms with van der Waals surface area (Å²) in [6.07, 6.45) is 3.16. The van der Waals surface area contributed by atoms with Gasteiger partial charge in [0.2, 0.25) is 10.0 Å². The van der Waals surface area contributed by atoms with Gasteiger partial charge in [-0.15, -0.1) is 0 Å². The third kappa shape index (κ3) is 4.90. The number of hydrogen-bond acceptors (Lipinski definition) is 5. The molecule has 32 heavy (non-hydrogen) atoms. The van der Waals surface area contributed by atoms with Crippen LogP contribution in [0, 0.1) is 0 Å². The number of carbonyl (C=O) groups is 2. The second kappa shape index (κ2) is 9.37. The van der Waals surface area contributed by atoms with Crippen LogP contribution in [-0.4, -0.2) is 37.6 Å². The highest BCUT2D eigenvalue weighted by Gasteiger charge is 2.27. The first-order valence-corrected chi connectivity index (χ1v) is 11.7. The standard InChI is InChI=1S/C23H23N3O5S/c27-22(18-8-10-20(11-9-18)32(29,30)26-12-1-2-13-26)24-16-17-5-3-6-19(15-17)25-23(28)21-7-4-14-31-21/h3-11,14-15H,1-2,12-13,16H2,(H,24,27)(H,25,28). The molecule has 1 saturated heterocycles. The zero-order valence-electron chi connectivity index (χ0n) is 17.3. The number of benzene rings is 2. The summed E-state index contributed by atoms with van der Waals surface area (Å²) in [7, 11) is -3.51. The predicted molar refractivity (Wildman–Crippen MR) is 119 cm³/mol. The number of amides is 2. The van der Waals surface area contributed by atoms with Crippen molar-refractivity contribution in [3.05, 3.63) is 83.8 Å². The normalized spacial score (nSPS) is 14.2. The topological polar surface area (TPSA) is 109 Å². The molecule has 166 valence electrons. The Kier molecular flexibility index (Phi) is 6.38. The summed E-state index contributed by atoms with van der Waals surface area (Å²) in [6.45, 7) is 1.31. The molecule has 0 aliphatic carbocycles. The maximum Gasteiger partial charge on any atom is 0.291 e. The average Bonchev–Trinajstić information content (AvgIpc) is 3.53. The number of furan rings is 1. The van der Waals surface area contributed by atoms with Gasteiger partial charge in [-0.25, -0.2) is 8.42 Å². The Bertz CT molecular complexity index is 1200. The Morgan fingerprint density at radius 1 is 0.938 bits per heavy atom. The number of anilines is 1. The van der Waals surface area contributed by atoms with Crippen LogP contribution in [0.1, 0.15) is 39.3 Å². The van der Waals surface area contributed by atoms with Crippen molar-refractivity contribution < 1.29 is 22.4 Å². The van der Waals surface area contributed by atoms with Gasteiger partial charge in [0.15, 0.2) is 5.76 Å². The maximum atomic E-state index is 12.6. The van der Waals surface area contributed by atoms with E-state index in [1.807, 2.05) is 6.07 Å². The zero-order chi connectivity index (χ0) is 22.6. The van der Waals surface area contributed by atoms with Crippen molar-refractivity contribution in [3.8, 4) is 0 Å². The Balaban J connectivity index is 1.36. The Hall–Kier alpha value is -3.43. The molecule has 1 aliphatic heterocycles.